The molecule has 0 aliphatic heterocycles. The average Bonchev–Trinajstić information content (AvgIpc) is 2.29. The lowest BCUT2D eigenvalue weighted by molar-refractivity contribution is -0.137. The van der Waals surface area contributed by atoms with Gasteiger partial charge in [0.25, 0.3) is 0 Å². The molecule has 0 radical (unpaired) electrons. The molecule has 0 aromatic heterocycles. The molecule has 1 aromatic carbocycles. The van der Waals surface area contributed by atoms with Crippen LogP contribution in [-0.2, 0) is 9.53 Å². The first kappa shape index (κ1) is 14.5. The van der Waals surface area contributed by atoms with Gasteiger partial charge in [0.1, 0.15) is 5.75 Å². The molecular formula is C13H20O3. The van der Waals surface area contributed by atoms with Gasteiger partial charge in [0.2, 0.25) is 0 Å². The fourth-order valence-electron chi connectivity index (χ4n) is 0.854. The SMILES string of the molecule is CCCOc1ccc(C)cc1.COC(C)=O. The van der Waals surface area contributed by atoms with E-state index in [0.717, 1.165) is 18.8 Å². The van der Waals surface area contributed by atoms with Gasteiger partial charge in [0.15, 0.2) is 0 Å². The van der Waals surface area contributed by atoms with Crippen LogP contribution in [0.2, 0.25) is 0 Å². The van der Waals surface area contributed by atoms with Crippen LogP contribution in [0, 0.1) is 6.92 Å². The van der Waals surface area contributed by atoms with Crippen LogP contribution in [0.15, 0.2) is 24.3 Å². The number of carbonyl (C=O) groups excluding carboxylic acids is 1. The van der Waals surface area contributed by atoms with Crippen molar-refractivity contribution >= 4 is 5.97 Å². The number of methoxy groups -OCH3 is 1. The zero-order valence-corrected chi connectivity index (χ0v) is 10.4. The third-order valence-electron chi connectivity index (χ3n) is 1.78. The molecular weight excluding hydrogens is 204 g/mol. The summed E-state index contributed by atoms with van der Waals surface area (Å²) >= 11 is 0. The molecule has 0 spiro atoms. The van der Waals surface area contributed by atoms with E-state index in [-0.39, 0.29) is 5.97 Å². The molecule has 0 atom stereocenters. The lowest BCUT2D eigenvalue weighted by atomic mass is 10.2. The Kier molecular flexibility index (Phi) is 7.94. The van der Waals surface area contributed by atoms with Crippen molar-refractivity contribution in [3.63, 3.8) is 0 Å². The van der Waals surface area contributed by atoms with Crippen LogP contribution in [0.4, 0.5) is 0 Å². The predicted molar refractivity (Wildman–Crippen MR) is 64.7 cm³/mol. The number of benzene rings is 1. The van der Waals surface area contributed by atoms with Crippen molar-refractivity contribution in [2.24, 2.45) is 0 Å². The third-order valence-corrected chi connectivity index (χ3v) is 1.78. The molecule has 0 saturated carbocycles. The van der Waals surface area contributed by atoms with Crippen LogP contribution in [0.5, 0.6) is 5.75 Å². The van der Waals surface area contributed by atoms with Gasteiger partial charge in [-0.1, -0.05) is 24.6 Å². The Balaban J connectivity index is 0.000000385. The highest BCUT2D eigenvalue weighted by Gasteiger charge is 1.89. The summed E-state index contributed by atoms with van der Waals surface area (Å²) < 4.78 is 9.52. The molecule has 0 N–H and O–H groups in total. The number of carbonyl (C=O) groups is 1. The highest BCUT2D eigenvalue weighted by Crippen LogP contribution is 2.11. The number of aryl methyl sites for hydroxylation is 1. The Hall–Kier alpha value is -1.51. The summed E-state index contributed by atoms with van der Waals surface area (Å²) in [5.74, 6) is 0.724. The average molecular weight is 224 g/mol. The first-order valence-corrected chi connectivity index (χ1v) is 5.34. The number of hydrogen-bond donors (Lipinski definition) is 0. The summed E-state index contributed by atoms with van der Waals surface area (Å²) in [5, 5.41) is 0. The molecule has 90 valence electrons. The molecule has 0 heterocycles. The van der Waals surface area contributed by atoms with Crippen molar-refractivity contribution in [2.75, 3.05) is 13.7 Å². The van der Waals surface area contributed by atoms with E-state index in [4.69, 9.17) is 4.74 Å². The molecule has 0 aliphatic rings. The van der Waals surface area contributed by atoms with Crippen LogP contribution < -0.4 is 4.74 Å². The quantitative estimate of drug-likeness (QED) is 0.740. The van der Waals surface area contributed by atoms with Gasteiger partial charge >= 0.3 is 5.97 Å². The van der Waals surface area contributed by atoms with Gasteiger partial charge < -0.3 is 9.47 Å². The van der Waals surface area contributed by atoms with Gasteiger partial charge in [-0.05, 0) is 25.5 Å². The molecule has 3 heteroatoms. The van der Waals surface area contributed by atoms with E-state index in [1.165, 1.54) is 19.6 Å². The Morgan fingerprint density at radius 2 is 1.75 bits per heavy atom. The summed E-state index contributed by atoms with van der Waals surface area (Å²) in [6.07, 6.45) is 1.06. The molecule has 0 bridgehead atoms. The first-order chi connectivity index (χ1) is 7.60. The van der Waals surface area contributed by atoms with E-state index in [1.807, 2.05) is 12.1 Å². The summed E-state index contributed by atoms with van der Waals surface area (Å²) in [4.78, 5) is 9.59. The fraction of sp³-hybridized carbons (Fsp3) is 0.462. The van der Waals surface area contributed by atoms with Crippen LogP contribution >= 0.6 is 0 Å². The van der Waals surface area contributed by atoms with E-state index in [2.05, 4.69) is 30.7 Å². The zero-order chi connectivity index (χ0) is 12.4. The topological polar surface area (TPSA) is 35.5 Å². The minimum absolute atomic E-state index is 0.245. The smallest absolute Gasteiger partial charge is 0.302 e. The van der Waals surface area contributed by atoms with Gasteiger partial charge in [0, 0.05) is 6.92 Å². The molecule has 1 rings (SSSR count). The molecule has 0 aliphatic carbocycles. The van der Waals surface area contributed by atoms with E-state index in [9.17, 15) is 4.79 Å². The second kappa shape index (κ2) is 8.77. The molecule has 0 amide bonds. The summed E-state index contributed by atoms with van der Waals surface area (Å²) in [6, 6.07) is 8.13. The number of ether oxygens (including phenoxy) is 2. The van der Waals surface area contributed by atoms with E-state index >= 15 is 0 Å². The van der Waals surface area contributed by atoms with Crippen LogP contribution in [0.25, 0.3) is 0 Å². The van der Waals surface area contributed by atoms with Crippen molar-refractivity contribution in [3.8, 4) is 5.75 Å². The van der Waals surface area contributed by atoms with Crippen molar-refractivity contribution in [1.29, 1.82) is 0 Å². The number of hydrogen-bond acceptors (Lipinski definition) is 3. The molecule has 0 fully saturated rings. The van der Waals surface area contributed by atoms with Gasteiger partial charge in [0.05, 0.1) is 13.7 Å². The minimum Gasteiger partial charge on any atom is -0.494 e. The van der Waals surface area contributed by atoms with Gasteiger partial charge in [-0.25, -0.2) is 0 Å². The predicted octanol–water partition coefficient (Wildman–Crippen LogP) is 2.96. The maximum atomic E-state index is 9.59. The molecule has 0 unspecified atom stereocenters. The monoisotopic (exact) mass is 224 g/mol. The van der Waals surface area contributed by atoms with Gasteiger partial charge in [-0.2, -0.15) is 0 Å². The lowest BCUT2D eigenvalue weighted by Gasteiger charge is -2.03. The highest BCUT2D eigenvalue weighted by atomic mass is 16.5. The zero-order valence-electron chi connectivity index (χ0n) is 10.4. The largest absolute Gasteiger partial charge is 0.494 e. The van der Waals surface area contributed by atoms with Crippen LogP contribution in [0.3, 0.4) is 0 Å². The summed E-state index contributed by atoms with van der Waals surface area (Å²) in [6.45, 7) is 6.35. The lowest BCUT2D eigenvalue weighted by Crippen LogP contribution is -1.94. The molecule has 0 saturated heterocycles. The van der Waals surface area contributed by atoms with E-state index < -0.39 is 0 Å². The Morgan fingerprint density at radius 1 is 1.25 bits per heavy atom. The summed E-state index contributed by atoms with van der Waals surface area (Å²) in [7, 11) is 1.35. The second-order valence-corrected chi connectivity index (χ2v) is 3.36. The fourth-order valence-corrected chi connectivity index (χ4v) is 0.854. The Bertz CT molecular complexity index is 291. The second-order valence-electron chi connectivity index (χ2n) is 3.36. The van der Waals surface area contributed by atoms with Crippen molar-refractivity contribution < 1.29 is 14.3 Å². The standard InChI is InChI=1S/C10H14O.C3H6O2/c1-3-8-11-10-6-4-9(2)5-7-10;1-3(4)5-2/h4-7H,3,8H2,1-2H3;1-2H3. The molecule has 3 nitrogen and oxygen atoms in total. The number of rotatable bonds is 3. The summed E-state index contributed by atoms with van der Waals surface area (Å²) in [5.41, 5.74) is 1.27. The van der Waals surface area contributed by atoms with Crippen LogP contribution in [0.1, 0.15) is 25.8 Å². The maximum Gasteiger partial charge on any atom is 0.302 e. The van der Waals surface area contributed by atoms with E-state index in [0.29, 0.717) is 0 Å². The molecule has 1 aromatic rings. The number of esters is 1. The normalized spacial score (nSPS) is 8.75. The van der Waals surface area contributed by atoms with Crippen molar-refractivity contribution in [3.05, 3.63) is 29.8 Å². The minimum atomic E-state index is -0.245. The maximum absolute atomic E-state index is 9.59. The van der Waals surface area contributed by atoms with Crippen LogP contribution in [-0.4, -0.2) is 19.7 Å². The first-order valence-electron chi connectivity index (χ1n) is 5.34. The Morgan fingerprint density at radius 3 is 2.12 bits per heavy atom. The third kappa shape index (κ3) is 7.85. The van der Waals surface area contributed by atoms with E-state index in [1.54, 1.807) is 0 Å². The van der Waals surface area contributed by atoms with Gasteiger partial charge in [-0.3, -0.25) is 4.79 Å². The highest BCUT2D eigenvalue weighted by molar-refractivity contribution is 5.65. The molecule has 16 heavy (non-hydrogen) atoms. The van der Waals surface area contributed by atoms with Crippen molar-refractivity contribution in [2.45, 2.75) is 27.2 Å². The van der Waals surface area contributed by atoms with Gasteiger partial charge in [-0.15, -0.1) is 0 Å². The Labute approximate surface area is 97.4 Å². The van der Waals surface area contributed by atoms with Crippen molar-refractivity contribution in [1.82, 2.24) is 0 Å².